The average molecular weight is 356 g/mol. The molecule has 0 unspecified atom stereocenters. The van der Waals surface area contributed by atoms with Gasteiger partial charge < -0.3 is 14.8 Å². The lowest BCUT2D eigenvalue weighted by atomic mass is 10.2. The van der Waals surface area contributed by atoms with E-state index in [4.69, 9.17) is 9.47 Å². The van der Waals surface area contributed by atoms with Crippen LogP contribution in [0.2, 0.25) is 0 Å². The Hall–Kier alpha value is -3.35. The monoisotopic (exact) mass is 356 g/mol. The molecule has 2 rings (SSSR count). The first-order valence-electron chi connectivity index (χ1n) is 8.14. The molecule has 0 fully saturated rings. The second kappa shape index (κ2) is 9.83. The summed E-state index contributed by atoms with van der Waals surface area (Å²) >= 11 is 0. The van der Waals surface area contributed by atoms with Crippen LogP contribution in [0.3, 0.4) is 0 Å². The minimum Gasteiger partial charge on any atom is -0.494 e. The van der Waals surface area contributed by atoms with Crippen molar-refractivity contribution in [2.24, 2.45) is 0 Å². The number of carbonyl (C=O) groups excluding carboxylic acids is 1. The SMILES string of the molecule is CCOc1ccc(OCCNC(=O)/C=C/c2cccc([N+](=O)[O-])c2)cc1. The summed E-state index contributed by atoms with van der Waals surface area (Å²) in [5.74, 6) is 1.17. The molecule has 1 N–H and O–H groups in total. The minimum absolute atomic E-state index is 0.0173. The summed E-state index contributed by atoms with van der Waals surface area (Å²) in [6, 6.07) is 13.3. The van der Waals surface area contributed by atoms with Crippen molar-refractivity contribution in [1.29, 1.82) is 0 Å². The minimum atomic E-state index is -0.477. The van der Waals surface area contributed by atoms with Gasteiger partial charge in [0.15, 0.2) is 0 Å². The number of rotatable bonds is 9. The molecule has 1 amide bonds. The molecule has 7 heteroatoms. The molecule has 0 atom stereocenters. The Balaban J connectivity index is 1.73. The molecule has 0 aromatic heterocycles. The Morgan fingerprint density at radius 1 is 1.15 bits per heavy atom. The number of hydrogen-bond acceptors (Lipinski definition) is 5. The van der Waals surface area contributed by atoms with Crippen molar-refractivity contribution < 1.29 is 19.2 Å². The molecule has 0 aliphatic heterocycles. The number of carbonyl (C=O) groups is 1. The highest BCUT2D eigenvalue weighted by Crippen LogP contribution is 2.17. The highest BCUT2D eigenvalue weighted by Gasteiger charge is 2.04. The van der Waals surface area contributed by atoms with Gasteiger partial charge in [0.1, 0.15) is 18.1 Å². The summed E-state index contributed by atoms with van der Waals surface area (Å²) in [7, 11) is 0. The maximum atomic E-state index is 11.8. The van der Waals surface area contributed by atoms with Crippen molar-refractivity contribution in [1.82, 2.24) is 5.32 Å². The van der Waals surface area contributed by atoms with Crippen LogP contribution in [0.5, 0.6) is 11.5 Å². The number of nitro groups is 1. The quantitative estimate of drug-likeness (QED) is 0.322. The maximum Gasteiger partial charge on any atom is 0.270 e. The summed E-state index contributed by atoms with van der Waals surface area (Å²) in [5, 5.41) is 13.4. The van der Waals surface area contributed by atoms with Gasteiger partial charge in [0.05, 0.1) is 18.1 Å². The van der Waals surface area contributed by atoms with E-state index in [1.165, 1.54) is 24.3 Å². The van der Waals surface area contributed by atoms with Crippen LogP contribution in [0, 0.1) is 10.1 Å². The second-order valence-electron chi connectivity index (χ2n) is 5.23. The van der Waals surface area contributed by atoms with Crippen molar-refractivity contribution in [3.63, 3.8) is 0 Å². The Bertz CT molecular complexity index is 772. The lowest BCUT2D eigenvalue weighted by molar-refractivity contribution is -0.384. The number of nitrogens with zero attached hydrogens (tertiary/aromatic N) is 1. The van der Waals surface area contributed by atoms with Crippen LogP contribution in [0.15, 0.2) is 54.6 Å². The van der Waals surface area contributed by atoms with Gasteiger partial charge >= 0.3 is 0 Å². The van der Waals surface area contributed by atoms with Crippen molar-refractivity contribution in [3.8, 4) is 11.5 Å². The predicted molar refractivity (Wildman–Crippen MR) is 98.2 cm³/mol. The first kappa shape index (κ1) is 19.0. The third-order valence-corrected chi connectivity index (χ3v) is 3.31. The molecule has 0 aliphatic rings. The molecule has 0 bridgehead atoms. The van der Waals surface area contributed by atoms with Gasteiger partial charge in [-0.3, -0.25) is 14.9 Å². The Kier molecular flexibility index (Phi) is 7.17. The highest BCUT2D eigenvalue weighted by molar-refractivity contribution is 5.91. The Morgan fingerprint density at radius 2 is 1.85 bits per heavy atom. The first-order chi connectivity index (χ1) is 12.6. The van der Waals surface area contributed by atoms with Gasteiger partial charge in [0, 0.05) is 18.2 Å². The van der Waals surface area contributed by atoms with E-state index in [1.54, 1.807) is 24.3 Å². The van der Waals surface area contributed by atoms with E-state index >= 15 is 0 Å². The third kappa shape index (κ3) is 6.27. The molecular formula is C19H20N2O5. The van der Waals surface area contributed by atoms with Crippen molar-refractivity contribution in [2.45, 2.75) is 6.92 Å². The van der Waals surface area contributed by atoms with Crippen molar-refractivity contribution in [3.05, 3.63) is 70.3 Å². The fraction of sp³-hybridized carbons (Fsp3) is 0.211. The van der Waals surface area contributed by atoms with Gasteiger partial charge in [-0.15, -0.1) is 0 Å². The predicted octanol–water partition coefficient (Wildman–Crippen LogP) is 3.20. The molecule has 26 heavy (non-hydrogen) atoms. The molecule has 0 spiro atoms. The van der Waals surface area contributed by atoms with E-state index in [9.17, 15) is 14.9 Å². The number of hydrogen-bond donors (Lipinski definition) is 1. The maximum absolute atomic E-state index is 11.8. The summed E-state index contributed by atoms with van der Waals surface area (Å²) in [6.07, 6.45) is 2.85. The molecule has 7 nitrogen and oxygen atoms in total. The van der Waals surface area contributed by atoms with Gasteiger partial charge in [0.25, 0.3) is 5.69 Å². The lowest BCUT2D eigenvalue weighted by Gasteiger charge is -2.08. The standard InChI is InChI=1S/C19H20N2O5/c1-2-25-17-7-9-18(10-8-17)26-13-12-20-19(22)11-6-15-4-3-5-16(14-15)21(23)24/h3-11,14H,2,12-13H2,1H3,(H,20,22)/b11-6+. The van der Waals surface area contributed by atoms with Crippen LogP contribution in [0.4, 0.5) is 5.69 Å². The summed E-state index contributed by atoms with van der Waals surface area (Å²) in [6.45, 7) is 3.19. The normalized spacial score (nSPS) is 10.5. The number of nitrogens with one attached hydrogen (secondary N) is 1. The number of benzene rings is 2. The van der Waals surface area contributed by atoms with Gasteiger partial charge in [0.2, 0.25) is 5.91 Å². The number of amides is 1. The first-order valence-corrected chi connectivity index (χ1v) is 8.14. The molecule has 2 aromatic carbocycles. The second-order valence-corrected chi connectivity index (χ2v) is 5.23. The van der Waals surface area contributed by atoms with Gasteiger partial charge in [-0.2, -0.15) is 0 Å². The summed E-state index contributed by atoms with van der Waals surface area (Å²) in [5.41, 5.74) is 0.566. The lowest BCUT2D eigenvalue weighted by Crippen LogP contribution is -2.26. The molecule has 136 valence electrons. The molecule has 0 heterocycles. The number of non-ortho nitro benzene ring substituents is 1. The zero-order valence-corrected chi connectivity index (χ0v) is 14.4. The van der Waals surface area contributed by atoms with E-state index in [2.05, 4.69) is 5.32 Å². The zero-order valence-electron chi connectivity index (χ0n) is 14.4. The average Bonchev–Trinajstić information content (AvgIpc) is 2.65. The fourth-order valence-corrected chi connectivity index (χ4v) is 2.11. The third-order valence-electron chi connectivity index (χ3n) is 3.31. The topological polar surface area (TPSA) is 90.7 Å². The number of ether oxygens (including phenoxy) is 2. The van der Waals surface area contributed by atoms with Gasteiger partial charge in [-0.25, -0.2) is 0 Å². The van der Waals surface area contributed by atoms with E-state index in [0.717, 1.165) is 5.75 Å². The largest absolute Gasteiger partial charge is 0.494 e. The van der Waals surface area contributed by atoms with Crippen LogP contribution >= 0.6 is 0 Å². The van der Waals surface area contributed by atoms with Crippen LogP contribution in [-0.2, 0) is 4.79 Å². The van der Waals surface area contributed by atoms with Crippen molar-refractivity contribution in [2.75, 3.05) is 19.8 Å². The molecule has 2 aromatic rings. The smallest absolute Gasteiger partial charge is 0.270 e. The van der Waals surface area contributed by atoms with Crippen LogP contribution in [0.1, 0.15) is 12.5 Å². The van der Waals surface area contributed by atoms with Gasteiger partial charge in [-0.05, 0) is 42.8 Å². The Labute approximate surface area is 151 Å². The van der Waals surface area contributed by atoms with Crippen LogP contribution in [-0.4, -0.2) is 30.6 Å². The van der Waals surface area contributed by atoms with E-state index < -0.39 is 4.92 Å². The molecule has 0 radical (unpaired) electrons. The Morgan fingerprint density at radius 3 is 2.50 bits per heavy atom. The van der Waals surface area contributed by atoms with Gasteiger partial charge in [-0.1, -0.05) is 12.1 Å². The van der Waals surface area contributed by atoms with E-state index in [-0.39, 0.29) is 11.6 Å². The zero-order chi connectivity index (χ0) is 18.8. The van der Waals surface area contributed by atoms with Crippen LogP contribution in [0.25, 0.3) is 6.08 Å². The fourth-order valence-electron chi connectivity index (χ4n) is 2.11. The molecule has 0 aliphatic carbocycles. The van der Waals surface area contributed by atoms with Crippen molar-refractivity contribution >= 4 is 17.7 Å². The highest BCUT2D eigenvalue weighted by atomic mass is 16.6. The summed E-state index contributed by atoms with van der Waals surface area (Å²) in [4.78, 5) is 22.0. The summed E-state index contributed by atoms with van der Waals surface area (Å²) < 4.78 is 10.9. The van der Waals surface area contributed by atoms with Crippen LogP contribution < -0.4 is 14.8 Å². The molecular weight excluding hydrogens is 336 g/mol. The molecule has 0 saturated heterocycles. The molecule has 0 saturated carbocycles. The van der Waals surface area contributed by atoms with E-state index in [1.807, 2.05) is 19.1 Å². The number of nitro benzene ring substituents is 1. The van der Waals surface area contributed by atoms with E-state index in [0.29, 0.717) is 31.1 Å².